The van der Waals surface area contributed by atoms with Crippen LogP contribution in [0, 0.1) is 0 Å². The van der Waals surface area contributed by atoms with Crippen molar-refractivity contribution in [3.63, 3.8) is 0 Å². The van der Waals surface area contributed by atoms with Gasteiger partial charge in [0.15, 0.2) is 0 Å². The van der Waals surface area contributed by atoms with Crippen LogP contribution in [0.15, 0.2) is 30.5 Å². The molecule has 0 unspecified atom stereocenters. The van der Waals surface area contributed by atoms with Crippen molar-refractivity contribution in [1.82, 2.24) is 15.1 Å². The lowest BCUT2D eigenvalue weighted by atomic mass is 10.1. The molecule has 1 aromatic carbocycles. The summed E-state index contributed by atoms with van der Waals surface area (Å²) >= 11 is 0. The minimum atomic E-state index is -0.999. The number of amides is 1. The number of rotatable bonds is 7. The highest BCUT2D eigenvalue weighted by atomic mass is 16.5. The molecule has 7 nitrogen and oxygen atoms in total. The lowest BCUT2D eigenvalue weighted by Gasteiger charge is -2.10. The molecule has 0 atom stereocenters. The predicted molar refractivity (Wildman–Crippen MR) is 95.7 cm³/mol. The first-order valence-corrected chi connectivity index (χ1v) is 8.82. The van der Waals surface area contributed by atoms with Crippen molar-refractivity contribution in [2.45, 2.75) is 38.1 Å². The maximum absolute atomic E-state index is 12.3. The first-order valence-electron chi connectivity index (χ1n) is 8.82. The highest BCUT2D eigenvalue weighted by Gasteiger charge is 2.19. The minimum absolute atomic E-state index is 0.173. The van der Waals surface area contributed by atoms with Gasteiger partial charge in [-0.25, -0.2) is 4.79 Å². The largest absolute Gasteiger partial charge is 0.496 e. The van der Waals surface area contributed by atoms with Gasteiger partial charge in [0, 0.05) is 12.7 Å². The standard InChI is InChI=1S/C19H23N3O4/c1-26-17-12-14(19(24)25)7-6-13(17)8-10-20-18(23)16-9-11-22(21-16)15-4-2-3-5-15/h6-7,9,11-12,15H,2-5,8,10H2,1H3,(H,20,23)(H,24,25). The smallest absolute Gasteiger partial charge is 0.335 e. The van der Waals surface area contributed by atoms with Crippen molar-refractivity contribution >= 4 is 11.9 Å². The van der Waals surface area contributed by atoms with Crippen molar-refractivity contribution < 1.29 is 19.4 Å². The van der Waals surface area contributed by atoms with Crippen LogP contribution in [0.25, 0.3) is 0 Å². The van der Waals surface area contributed by atoms with E-state index in [4.69, 9.17) is 9.84 Å². The number of methoxy groups -OCH3 is 1. The van der Waals surface area contributed by atoms with Crippen LogP contribution < -0.4 is 10.1 Å². The molecule has 1 amide bonds. The highest BCUT2D eigenvalue weighted by Crippen LogP contribution is 2.28. The van der Waals surface area contributed by atoms with Crippen LogP contribution in [-0.2, 0) is 6.42 Å². The van der Waals surface area contributed by atoms with Crippen molar-refractivity contribution in [2.24, 2.45) is 0 Å². The number of nitrogens with one attached hydrogen (secondary N) is 1. The number of carboxylic acids is 1. The molecule has 0 saturated heterocycles. The number of nitrogens with zero attached hydrogens (tertiary/aromatic N) is 2. The Bertz CT molecular complexity index is 794. The number of aromatic carboxylic acids is 1. The van der Waals surface area contributed by atoms with Crippen LogP contribution in [0.5, 0.6) is 5.75 Å². The molecule has 1 aliphatic rings. The lowest BCUT2D eigenvalue weighted by molar-refractivity contribution is 0.0696. The molecule has 1 aromatic heterocycles. The van der Waals surface area contributed by atoms with E-state index in [0.29, 0.717) is 30.5 Å². The Kier molecular flexibility index (Phi) is 5.55. The van der Waals surface area contributed by atoms with Crippen molar-refractivity contribution in [3.05, 3.63) is 47.3 Å². The fourth-order valence-corrected chi connectivity index (χ4v) is 3.32. The molecule has 2 N–H and O–H groups in total. The third kappa shape index (κ3) is 4.04. The Morgan fingerprint density at radius 3 is 2.77 bits per heavy atom. The van der Waals surface area contributed by atoms with Crippen LogP contribution in [-0.4, -0.2) is 40.4 Å². The van der Waals surface area contributed by atoms with E-state index in [9.17, 15) is 9.59 Å². The Labute approximate surface area is 152 Å². The number of carbonyl (C=O) groups is 2. The van der Waals surface area contributed by atoms with Gasteiger partial charge >= 0.3 is 5.97 Å². The number of benzene rings is 1. The molecule has 1 heterocycles. The molecule has 138 valence electrons. The summed E-state index contributed by atoms with van der Waals surface area (Å²) in [5.41, 5.74) is 1.44. The molecule has 0 radical (unpaired) electrons. The van der Waals surface area contributed by atoms with Gasteiger partial charge in [-0.05, 0) is 43.0 Å². The predicted octanol–water partition coefficient (Wildman–Crippen LogP) is 2.68. The van der Waals surface area contributed by atoms with Gasteiger partial charge in [0.05, 0.1) is 18.7 Å². The molecule has 2 aromatic rings. The van der Waals surface area contributed by atoms with Crippen LogP contribution >= 0.6 is 0 Å². The molecule has 1 saturated carbocycles. The molecule has 26 heavy (non-hydrogen) atoms. The Balaban J connectivity index is 1.56. The number of hydrogen-bond acceptors (Lipinski definition) is 4. The molecule has 0 spiro atoms. The molecular formula is C19H23N3O4. The summed E-state index contributed by atoms with van der Waals surface area (Å²) < 4.78 is 7.15. The van der Waals surface area contributed by atoms with Gasteiger partial charge in [-0.2, -0.15) is 5.10 Å². The quantitative estimate of drug-likeness (QED) is 0.795. The lowest BCUT2D eigenvalue weighted by Crippen LogP contribution is -2.26. The van der Waals surface area contributed by atoms with Crippen molar-refractivity contribution in [2.75, 3.05) is 13.7 Å². The Morgan fingerprint density at radius 1 is 1.31 bits per heavy atom. The Hall–Kier alpha value is -2.83. The normalized spacial score (nSPS) is 14.3. The summed E-state index contributed by atoms with van der Waals surface area (Å²) in [6.45, 7) is 0.415. The van der Waals surface area contributed by atoms with Crippen LogP contribution in [0.4, 0.5) is 0 Å². The third-order valence-corrected chi connectivity index (χ3v) is 4.75. The Morgan fingerprint density at radius 2 is 2.08 bits per heavy atom. The van der Waals surface area contributed by atoms with E-state index in [1.54, 1.807) is 12.1 Å². The summed E-state index contributed by atoms with van der Waals surface area (Å²) in [6, 6.07) is 6.89. The second-order valence-electron chi connectivity index (χ2n) is 6.46. The van der Waals surface area contributed by atoms with Gasteiger partial charge in [0.25, 0.3) is 5.91 Å². The maximum Gasteiger partial charge on any atom is 0.335 e. The average molecular weight is 357 g/mol. The first kappa shape index (κ1) is 18.0. The van der Waals surface area contributed by atoms with E-state index in [0.717, 1.165) is 18.4 Å². The summed E-state index contributed by atoms with van der Waals surface area (Å²) in [5, 5.41) is 16.3. The second kappa shape index (κ2) is 8.03. The van der Waals surface area contributed by atoms with E-state index in [-0.39, 0.29) is 11.5 Å². The van der Waals surface area contributed by atoms with Crippen LogP contribution in [0.3, 0.4) is 0 Å². The third-order valence-electron chi connectivity index (χ3n) is 4.75. The molecule has 0 bridgehead atoms. The number of carboxylic acid groups (broad SMARTS) is 1. The summed E-state index contributed by atoms with van der Waals surface area (Å²) in [5.74, 6) is -0.700. The molecule has 1 fully saturated rings. The summed E-state index contributed by atoms with van der Waals surface area (Å²) in [6.07, 6.45) is 7.09. The fourth-order valence-electron chi connectivity index (χ4n) is 3.32. The zero-order valence-corrected chi connectivity index (χ0v) is 14.8. The minimum Gasteiger partial charge on any atom is -0.496 e. The molecule has 7 heteroatoms. The van der Waals surface area contributed by atoms with Crippen molar-refractivity contribution in [3.8, 4) is 5.75 Å². The van der Waals surface area contributed by atoms with Gasteiger partial charge in [-0.1, -0.05) is 18.9 Å². The van der Waals surface area contributed by atoms with Gasteiger partial charge < -0.3 is 15.2 Å². The fraction of sp³-hybridized carbons (Fsp3) is 0.421. The molecular weight excluding hydrogens is 334 g/mol. The molecule has 1 aliphatic carbocycles. The van der Waals surface area contributed by atoms with Gasteiger partial charge in [0.2, 0.25) is 0 Å². The monoisotopic (exact) mass is 357 g/mol. The molecule has 3 rings (SSSR count). The van der Waals surface area contributed by atoms with E-state index in [1.807, 2.05) is 10.9 Å². The van der Waals surface area contributed by atoms with E-state index >= 15 is 0 Å². The van der Waals surface area contributed by atoms with Gasteiger partial charge in [-0.15, -0.1) is 0 Å². The van der Waals surface area contributed by atoms with Crippen LogP contribution in [0.1, 0.15) is 58.1 Å². The first-order chi connectivity index (χ1) is 12.6. The average Bonchev–Trinajstić information content (AvgIpc) is 3.33. The zero-order valence-electron chi connectivity index (χ0n) is 14.8. The summed E-state index contributed by atoms with van der Waals surface area (Å²) in [7, 11) is 1.50. The molecule has 0 aliphatic heterocycles. The second-order valence-corrected chi connectivity index (χ2v) is 6.46. The van der Waals surface area contributed by atoms with Gasteiger partial charge in [-0.3, -0.25) is 9.48 Å². The van der Waals surface area contributed by atoms with Crippen molar-refractivity contribution in [1.29, 1.82) is 0 Å². The summed E-state index contributed by atoms with van der Waals surface area (Å²) in [4.78, 5) is 23.3. The number of ether oxygens (including phenoxy) is 1. The zero-order chi connectivity index (χ0) is 18.5. The van der Waals surface area contributed by atoms with E-state index in [1.165, 1.54) is 32.1 Å². The number of aromatic nitrogens is 2. The van der Waals surface area contributed by atoms with E-state index in [2.05, 4.69) is 10.4 Å². The number of hydrogen-bond donors (Lipinski definition) is 2. The SMILES string of the molecule is COc1cc(C(=O)O)ccc1CCNC(=O)c1ccn(C2CCCC2)n1. The van der Waals surface area contributed by atoms with E-state index < -0.39 is 5.97 Å². The van der Waals surface area contributed by atoms with Crippen LogP contribution in [0.2, 0.25) is 0 Å². The topological polar surface area (TPSA) is 93.5 Å². The van der Waals surface area contributed by atoms with Gasteiger partial charge in [0.1, 0.15) is 11.4 Å². The number of carbonyl (C=O) groups excluding carboxylic acids is 1. The highest BCUT2D eigenvalue weighted by molar-refractivity contribution is 5.92. The maximum atomic E-state index is 12.3.